The van der Waals surface area contributed by atoms with Crippen LogP contribution in [-0.4, -0.2) is 39.5 Å². The minimum Gasteiger partial charge on any atom is -0.490 e. The van der Waals surface area contributed by atoms with Crippen LogP contribution in [0.25, 0.3) is 11.1 Å². The third-order valence-corrected chi connectivity index (χ3v) is 8.51. The molecule has 1 unspecified atom stereocenters. The Hall–Kier alpha value is -3.32. The zero-order chi connectivity index (χ0) is 25.9. The smallest absolute Gasteiger partial charge is 0.303 e. The first-order valence-electron chi connectivity index (χ1n) is 12.8. The first-order chi connectivity index (χ1) is 17.9. The molecule has 5 rings (SSSR count). The number of aliphatic carboxylic acids is 1. The molecule has 1 fully saturated rings. The highest BCUT2D eigenvalue weighted by Crippen LogP contribution is 2.37. The fraction of sp³-hybridized carbons (Fsp3) is 0.367. The van der Waals surface area contributed by atoms with Crippen molar-refractivity contribution >= 4 is 22.5 Å². The Balaban J connectivity index is 1.32. The maximum atomic E-state index is 11.7. The molecule has 0 saturated carbocycles. The van der Waals surface area contributed by atoms with E-state index in [1.165, 1.54) is 16.7 Å². The molecule has 7 heteroatoms. The fourth-order valence-electron chi connectivity index (χ4n) is 5.23. The monoisotopic (exact) mass is 519 g/mol. The molecule has 0 aliphatic carbocycles. The SMILES string of the molecule is Cc1cc(OC2CCS(=O)CC2)cc(C)c1-c1cccc(C2COc3cc(CCC(=O)O)ccc3N2)c1. The molecule has 2 heterocycles. The van der Waals surface area contributed by atoms with Crippen molar-refractivity contribution in [1.29, 1.82) is 0 Å². The van der Waals surface area contributed by atoms with Gasteiger partial charge in [-0.3, -0.25) is 9.00 Å². The van der Waals surface area contributed by atoms with E-state index in [4.69, 9.17) is 14.6 Å². The van der Waals surface area contributed by atoms with Crippen molar-refractivity contribution < 1.29 is 23.6 Å². The predicted molar refractivity (Wildman–Crippen MR) is 147 cm³/mol. The Morgan fingerprint density at radius 2 is 1.84 bits per heavy atom. The molecule has 0 radical (unpaired) electrons. The summed E-state index contributed by atoms with van der Waals surface area (Å²) >= 11 is 0. The minimum absolute atomic E-state index is 0.0115. The molecule has 2 N–H and O–H groups in total. The van der Waals surface area contributed by atoms with Crippen LogP contribution in [0.3, 0.4) is 0 Å². The number of carboxylic acids is 1. The average molecular weight is 520 g/mol. The van der Waals surface area contributed by atoms with Crippen molar-refractivity contribution in [2.24, 2.45) is 0 Å². The van der Waals surface area contributed by atoms with E-state index in [-0.39, 0.29) is 18.6 Å². The highest BCUT2D eigenvalue weighted by atomic mass is 32.2. The number of fused-ring (bicyclic) bond motifs is 1. The van der Waals surface area contributed by atoms with Gasteiger partial charge in [-0.25, -0.2) is 0 Å². The lowest BCUT2D eigenvalue weighted by Gasteiger charge is -2.28. The largest absolute Gasteiger partial charge is 0.490 e. The van der Waals surface area contributed by atoms with E-state index < -0.39 is 16.8 Å². The van der Waals surface area contributed by atoms with Crippen LogP contribution in [0.15, 0.2) is 54.6 Å². The van der Waals surface area contributed by atoms with E-state index in [1.54, 1.807) is 0 Å². The van der Waals surface area contributed by atoms with Crippen LogP contribution in [0.1, 0.15) is 47.6 Å². The number of benzene rings is 3. The quantitative estimate of drug-likeness (QED) is 0.409. The van der Waals surface area contributed by atoms with Gasteiger partial charge < -0.3 is 19.9 Å². The van der Waals surface area contributed by atoms with Crippen molar-refractivity contribution in [2.75, 3.05) is 23.4 Å². The number of nitrogens with one attached hydrogen (secondary N) is 1. The standard InChI is InChI=1S/C30H33NO5S/c1-19-14-25(36-24-10-12-37(34)13-11-24)15-20(2)30(19)23-5-3-4-22(17-23)27-18-35-28-16-21(7-9-29(32)33)6-8-26(28)31-27/h3-6,8,14-17,24,27,31H,7,9-13,18H2,1-2H3,(H,32,33). The number of rotatable bonds is 7. The fourth-order valence-corrected chi connectivity index (χ4v) is 6.49. The maximum Gasteiger partial charge on any atom is 0.303 e. The van der Waals surface area contributed by atoms with Crippen LogP contribution < -0.4 is 14.8 Å². The van der Waals surface area contributed by atoms with Crippen LogP contribution >= 0.6 is 0 Å². The highest BCUT2D eigenvalue weighted by molar-refractivity contribution is 7.85. The molecule has 0 bridgehead atoms. The molecule has 0 spiro atoms. The number of carboxylic acid groups (broad SMARTS) is 1. The molecule has 2 aliphatic heterocycles. The summed E-state index contributed by atoms with van der Waals surface area (Å²) in [6, 6.07) is 18.7. The molecule has 1 saturated heterocycles. The van der Waals surface area contributed by atoms with Crippen molar-refractivity contribution in [3.8, 4) is 22.6 Å². The van der Waals surface area contributed by atoms with Gasteiger partial charge in [0.15, 0.2) is 0 Å². The molecule has 3 aromatic rings. The number of hydrogen-bond acceptors (Lipinski definition) is 5. The summed E-state index contributed by atoms with van der Waals surface area (Å²) in [6.45, 7) is 4.74. The maximum absolute atomic E-state index is 11.7. The van der Waals surface area contributed by atoms with Crippen molar-refractivity contribution in [2.45, 2.75) is 51.7 Å². The van der Waals surface area contributed by atoms with Gasteiger partial charge in [0.05, 0.1) is 11.7 Å². The van der Waals surface area contributed by atoms with Gasteiger partial charge in [0.2, 0.25) is 0 Å². The third kappa shape index (κ3) is 5.99. The van der Waals surface area contributed by atoms with E-state index in [2.05, 4.69) is 55.6 Å². The number of aryl methyl sites for hydroxylation is 3. The van der Waals surface area contributed by atoms with E-state index in [9.17, 15) is 9.00 Å². The van der Waals surface area contributed by atoms with Crippen LogP contribution in [0, 0.1) is 13.8 Å². The second-order valence-electron chi connectivity index (χ2n) is 9.95. The van der Waals surface area contributed by atoms with Gasteiger partial charge in [0, 0.05) is 28.7 Å². The normalized spacial score (nSPS) is 20.9. The molecule has 3 aromatic carbocycles. The Bertz CT molecular complexity index is 1300. The lowest BCUT2D eigenvalue weighted by atomic mass is 9.92. The van der Waals surface area contributed by atoms with Crippen molar-refractivity contribution in [3.05, 3.63) is 76.9 Å². The summed E-state index contributed by atoms with van der Waals surface area (Å²) < 4.78 is 24.0. The zero-order valence-electron chi connectivity index (χ0n) is 21.3. The summed E-state index contributed by atoms with van der Waals surface area (Å²) in [5.41, 5.74) is 7.72. The molecule has 1 atom stereocenters. The van der Waals surface area contributed by atoms with E-state index in [0.717, 1.165) is 58.2 Å². The molecule has 2 aliphatic rings. The molecular weight excluding hydrogens is 486 g/mol. The Morgan fingerprint density at radius 3 is 2.57 bits per heavy atom. The van der Waals surface area contributed by atoms with E-state index in [1.807, 2.05) is 18.2 Å². The average Bonchev–Trinajstić information content (AvgIpc) is 2.88. The summed E-state index contributed by atoms with van der Waals surface area (Å²) in [6.07, 6.45) is 2.42. The number of anilines is 1. The molecule has 194 valence electrons. The Morgan fingerprint density at radius 1 is 1.08 bits per heavy atom. The summed E-state index contributed by atoms with van der Waals surface area (Å²) in [5.74, 6) is 2.30. The van der Waals surface area contributed by atoms with Crippen molar-refractivity contribution in [3.63, 3.8) is 0 Å². The molecular formula is C30H33NO5S. The van der Waals surface area contributed by atoms with Gasteiger partial charge in [-0.05, 0) is 96.8 Å². The second kappa shape index (κ2) is 11.0. The number of ether oxygens (including phenoxy) is 2. The van der Waals surface area contributed by atoms with E-state index >= 15 is 0 Å². The molecule has 37 heavy (non-hydrogen) atoms. The van der Waals surface area contributed by atoms with Crippen molar-refractivity contribution in [1.82, 2.24) is 0 Å². The summed E-state index contributed by atoms with van der Waals surface area (Å²) in [4.78, 5) is 10.9. The van der Waals surface area contributed by atoms with Gasteiger partial charge in [0.25, 0.3) is 0 Å². The van der Waals surface area contributed by atoms with Gasteiger partial charge in [0.1, 0.15) is 24.2 Å². The Kier molecular flexibility index (Phi) is 7.51. The van der Waals surface area contributed by atoms with Crippen LogP contribution in [-0.2, 0) is 22.0 Å². The van der Waals surface area contributed by atoms with Gasteiger partial charge in [-0.2, -0.15) is 0 Å². The first kappa shape index (κ1) is 25.3. The third-order valence-electron chi connectivity index (χ3n) is 7.13. The van der Waals surface area contributed by atoms with Gasteiger partial charge in [-0.1, -0.05) is 24.3 Å². The summed E-state index contributed by atoms with van der Waals surface area (Å²) in [7, 11) is -0.690. The summed E-state index contributed by atoms with van der Waals surface area (Å²) in [5, 5.41) is 12.5. The number of carbonyl (C=O) groups is 1. The van der Waals surface area contributed by atoms with E-state index in [0.29, 0.717) is 13.0 Å². The molecule has 6 nitrogen and oxygen atoms in total. The highest BCUT2D eigenvalue weighted by Gasteiger charge is 2.23. The van der Waals surface area contributed by atoms with Crippen LogP contribution in [0.4, 0.5) is 5.69 Å². The van der Waals surface area contributed by atoms with Crippen LogP contribution in [0.5, 0.6) is 11.5 Å². The van der Waals surface area contributed by atoms with Gasteiger partial charge in [-0.15, -0.1) is 0 Å². The first-order valence-corrected chi connectivity index (χ1v) is 14.3. The zero-order valence-corrected chi connectivity index (χ0v) is 22.1. The number of hydrogen-bond donors (Lipinski definition) is 2. The second-order valence-corrected chi connectivity index (χ2v) is 11.7. The Labute approximate surface area is 220 Å². The molecule has 0 amide bonds. The lowest BCUT2D eigenvalue weighted by molar-refractivity contribution is -0.136. The van der Waals surface area contributed by atoms with Crippen LogP contribution in [0.2, 0.25) is 0 Å². The lowest BCUT2D eigenvalue weighted by Crippen LogP contribution is -2.27. The predicted octanol–water partition coefficient (Wildman–Crippen LogP) is 5.82. The van der Waals surface area contributed by atoms with Gasteiger partial charge >= 0.3 is 5.97 Å². The topological polar surface area (TPSA) is 84.9 Å². The molecule has 0 aromatic heterocycles. The minimum atomic E-state index is -0.799.